The summed E-state index contributed by atoms with van der Waals surface area (Å²) in [6.07, 6.45) is 0.806. The molecular weight excluding hydrogens is 266 g/mol. The van der Waals surface area contributed by atoms with Gasteiger partial charge >= 0.3 is 5.97 Å². The molecule has 4 nitrogen and oxygen atoms in total. The minimum Gasteiger partial charge on any atom is -0.488 e. The summed E-state index contributed by atoms with van der Waals surface area (Å²) in [5, 5.41) is 9.11. The first kappa shape index (κ1) is 13.5. The third-order valence-electron chi connectivity index (χ3n) is 3.59. The minimum absolute atomic E-state index is 0.0121. The van der Waals surface area contributed by atoms with Gasteiger partial charge in [0.05, 0.1) is 6.54 Å². The van der Waals surface area contributed by atoms with Gasteiger partial charge in [-0.25, -0.2) is 0 Å². The van der Waals surface area contributed by atoms with Gasteiger partial charge in [-0.2, -0.15) is 0 Å². The number of nitrogens with zero attached hydrogens (tertiary/aromatic N) is 1. The normalized spacial score (nSPS) is 16.1. The van der Waals surface area contributed by atoms with Crippen LogP contribution >= 0.6 is 0 Å². The number of carboxylic acids is 1. The van der Waals surface area contributed by atoms with E-state index in [-0.39, 0.29) is 12.6 Å². The average Bonchev–Trinajstić information content (AvgIpc) is 2.89. The van der Waals surface area contributed by atoms with Crippen LogP contribution in [0.1, 0.15) is 5.56 Å². The van der Waals surface area contributed by atoms with Crippen LogP contribution in [0.3, 0.4) is 0 Å². The molecule has 1 aliphatic heterocycles. The van der Waals surface area contributed by atoms with Crippen LogP contribution in [0.25, 0.3) is 0 Å². The highest BCUT2D eigenvalue weighted by atomic mass is 16.5. The van der Waals surface area contributed by atoms with Crippen molar-refractivity contribution in [1.82, 2.24) is 0 Å². The van der Waals surface area contributed by atoms with Crippen LogP contribution in [0.4, 0.5) is 5.69 Å². The van der Waals surface area contributed by atoms with E-state index in [1.807, 2.05) is 53.4 Å². The fourth-order valence-electron chi connectivity index (χ4n) is 2.66. The van der Waals surface area contributed by atoms with Crippen LogP contribution in [-0.2, 0) is 11.2 Å². The van der Waals surface area contributed by atoms with Crippen LogP contribution in [0.5, 0.6) is 5.75 Å². The molecule has 0 aromatic heterocycles. The lowest BCUT2D eigenvalue weighted by Gasteiger charge is -2.25. The van der Waals surface area contributed by atoms with Gasteiger partial charge in [-0.1, -0.05) is 36.4 Å². The number of carbonyl (C=O) groups is 1. The highest BCUT2D eigenvalue weighted by molar-refractivity contribution is 5.73. The highest BCUT2D eigenvalue weighted by Gasteiger charge is 2.25. The molecule has 0 bridgehead atoms. The van der Waals surface area contributed by atoms with Crippen LogP contribution < -0.4 is 9.64 Å². The molecule has 1 unspecified atom stereocenters. The third kappa shape index (κ3) is 3.16. The Morgan fingerprint density at radius 3 is 2.57 bits per heavy atom. The molecular formula is C17H17NO3. The fraction of sp³-hybridized carbons (Fsp3) is 0.235. The first-order valence-electron chi connectivity index (χ1n) is 6.99. The predicted molar refractivity (Wildman–Crippen MR) is 80.9 cm³/mol. The first-order chi connectivity index (χ1) is 10.2. The third-order valence-corrected chi connectivity index (χ3v) is 3.59. The van der Waals surface area contributed by atoms with Gasteiger partial charge in [0.2, 0.25) is 0 Å². The van der Waals surface area contributed by atoms with E-state index < -0.39 is 5.97 Å². The zero-order chi connectivity index (χ0) is 14.7. The van der Waals surface area contributed by atoms with Crippen LogP contribution in [0.15, 0.2) is 54.6 Å². The second kappa shape index (κ2) is 5.87. The van der Waals surface area contributed by atoms with Crippen molar-refractivity contribution in [2.75, 3.05) is 18.0 Å². The summed E-state index contributed by atoms with van der Waals surface area (Å²) in [5.41, 5.74) is 2.09. The van der Waals surface area contributed by atoms with Gasteiger partial charge in [-0.15, -0.1) is 0 Å². The van der Waals surface area contributed by atoms with Crippen molar-refractivity contribution in [3.8, 4) is 5.75 Å². The van der Waals surface area contributed by atoms with Crippen molar-refractivity contribution in [3.05, 3.63) is 60.2 Å². The smallest absolute Gasteiger partial charge is 0.323 e. The molecule has 0 saturated carbocycles. The van der Waals surface area contributed by atoms with Crippen molar-refractivity contribution >= 4 is 11.7 Å². The molecule has 1 atom stereocenters. The van der Waals surface area contributed by atoms with Crippen molar-refractivity contribution in [2.45, 2.75) is 12.5 Å². The summed E-state index contributed by atoms with van der Waals surface area (Å²) < 4.78 is 5.91. The maximum atomic E-state index is 11.1. The van der Waals surface area contributed by atoms with Crippen LogP contribution in [0, 0.1) is 0 Å². The molecule has 0 fully saturated rings. The maximum absolute atomic E-state index is 11.1. The van der Waals surface area contributed by atoms with Crippen molar-refractivity contribution in [2.24, 2.45) is 0 Å². The fourth-order valence-corrected chi connectivity index (χ4v) is 2.66. The Kier molecular flexibility index (Phi) is 3.77. The molecule has 0 amide bonds. The van der Waals surface area contributed by atoms with Crippen LogP contribution in [0.2, 0.25) is 0 Å². The maximum Gasteiger partial charge on any atom is 0.323 e. The van der Waals surface area contributed by atoms with E-state index in [0.29, 0.717) is 6.54 Å². The van der Waals surface area contributed by atoms with Crippen molar-refractivity contribution in [3.63, 3.8) is 0 Å². The average molecular weight is 283 g/mol. The van der Waals surface area contributed by atoms with E-state index in [1.54, 1.807) is 0 Å². The SMILES string of the molecule is O=C(O)CN(CC1Cc2ccccc2O1)c1ccccc1. The Balaban J connectivity index is 1.73. The van der Waals surface area contributed by atoms with Crippen molar-refractivity contribution in [1.29, 1.82) is 0 Å². The molecule has 1 heterocycles. The van der Waals surface area contributed by atoms with E-state index in [1.165, 1.54) is 5.56 Å². The van der Waals surface area contributed by atoms with Gasteiger partial charge in [-0.3, -0.25) is 4.79 Å². The Morgan fingerprint density at radius 2 is 1.86 bits per heavy atom. The van der Waals surface area contributed by atoms with Gasteiger partial charge in [0.25, 0.3) is 0 Å². The van der Waals surface area contributed by atoms with E-state index in [4.69, 9.17) is 9.84 Å². The van der Waals surface area contributed by atoms with Gasteiger partial charge < -0.3 is 14.7 Å². The van der Waals surface area contributed by atoms with Crippen molar-refractivity contribution < 1.29 is 14.6 Å². The molecule has 1 N–H and O–H groups in total. The largest absolute Gasteiger partial charge is 0.488 e. The Bertz CT molecular complexity index is 602. The summed E-state index contributed by atoms with van der Waals surface area (Å²) in [5.74, 6) is 0.0696. The molecule has 4 heteroatoms. The molecule has 0 spiro atoms. The second-order valence-electron chi connectivity index (χ2n) is 5.16. The van der Waals surface area contributed by atoms with E-state index in [2.05, 4.69) is 6.07 Å². The number of ether oxygens (including phenoxy) is 1. The molecule has 21 heavy (non-hydrogen) atoms. The summed E-state index contributed by atoms with van der Waals surface area (Å²) in [6.45, 7) is 0.533. The topological polar surface area (TPSA) is 49.8 Å². The number of hydrogen-bond acceptors (Lipinski definition) is 3. The minimum atomic E-state index is -0.839. The van der Waals surface area contributed by atoms with Gasteiger partial charge in [0, 0.05) is 12.1 Å². The van der Waals surface area contributed by atoms with Gasteiger partial charge in [-0.05, 0) is 23.8 Å². The highest BCUT2D eigenvalue weighted by Crippen LogP contribution is 2.29. The monoisotopic (exact) mass is 283 g/mol. The van der Waals surface area contributed by atoms with Gasteiger partial charge in [0.1, 0.15) is 18.4 Å². The summed E-state index contributed by atoms with van der Waals surface area (Å²) >= 11 is 0. The molecule has 2 aromatic rings. The zero-order valence-corrected chi connectivity index (χ0v) is 11.6. The number of hydrogen-bond donors (Lipinski definition) is 1. The Morgan fingerprint density at radius 1 is 1.14 bits per heavy atom. The lowest BCUT2D eigenvalue weighted by atomic mass is 10.1. The summed E-state index contributed by atoms with van der Waals surface area (Å²) in [7, 11) is 0. The molecule has 3 rings (SSSR count). The molecule has 108 valence electrons. The number of para-hydroxylation sites is 2. The second-order valence-corrected chi connectivity index (χ2v) is 5.16. The Hall–Kier alpha value is -2.49. The number of carboxylic acid groups (broad SMARTS) is 1. The predicted octanol–water partition coefficient (Wildman–Crippen LogP) is 2.58. The van der Waals surface area contributed by atoms with Crippen LogP contribution in [-0.4, -0.2) is 30.3 Å². The van der Waals surface area contributed by atoms with E-state index in [9.17, 15) is 4.79 Å². The number of anilines is 1. The molecule has 0 aliphatic carbocycles. The summed E-state index contributed by atoms with van der Waals surface area (Å²) in [6, 6.07) is 17.5. The van der Waals surface area contributed by atoms with E-state index in [0.717, 1.165) is 17.9 Å². The number of aliphatic carboxylic acids is 1. The first-order valence-corrected chi connectivity index (χ1v) is 6.99. The summed E-state index contributed by atoms with van der Waals surface area (Å²) in [4.78, 5) is 12.9. The lowest BCUT2D eigenvalue weighted by molar-refractivity contribution is -0.135. The molecule has 2 aromatic carbocycles. The lowest BCUT2D eigenvalue weighted by Crippen LogP contribution is -2.38. The zero-order valence-electron chi connectivity index (χ0n) is 11.6. The molecule has 0 radical (unpaired) electrons. The van der Waals surface area contributed by atoms with Gasteiger partial charge in [0.15, 0.2) is 0 Å². The standard InChI is InChI=1S/C17H17NO3/c19-17(20)12-18(14-7-2-1-3-8-14)11-15-10-13-6-4-5-9-16(13)21-15/h1-9,15H,10-12H2,(H,19,20). The Labute approximate surface area is 123 Å². The molecule has 0 saturated heterocycles. The number of fused-ring (bicyclic) bond motifs is 1. The molecule has 1 aliphatic rings. The number of benzene rings is 2. The quantitative estimate of drug-likeness (QED) is 0.916. The number of rotatable bonds is 5. The van der Waals surface area contributed by atoms with E-state index >= 15 is 0 Å².